The maximum Gasteiger partial charge on any atom is 0.416 e. The molecule has 7 heteroatoms. The number of alkyl halides is 3. The van der Waals surface area contributed by atoms with Gasteiger partial charge >= 0.3 is 6.18 Å². The number of phenols is 1. The topological polar surface area (TPSA) is 58.6 Å². The van der Waals surface area contributed by atoms with E-state index in [1.165, 1.54) is 18.2 Å². The molecular formula is C20H20F3NO3. The third-order valence-electron chi connectivity index (χ3n) is 4.74. The van der Waals surface area contributed by atoms with Gasteiger partial charge in [-0.2, -0.15) is 13.2 Å². The van der Waals surface area contributed by atoms with Gasteiger partial charge in [0.15, 0.2) is 0 Å². The molecule has 1 fully saturated rings. The molecule has 2 N–H and O–H groups in total. The highest BCUT2D eigenvalue weighted by molar-refractivity contribution is 5.79. The van der Waals surface area contributed by atoms with Crippen molar-refractivity contribution >= 4 is 5.91 Å². The van der Waals surface area contributed by atoms with Crippen molar-refractivity contribution in [1.29, 1.82) is 0 Å². The summed E-state index contributed by atoms with van der Waals surface area (Å²) in [7, 11) is 0. The van der Waals surface area contributed by atoms with Gasteiger partial charge in [0, 0.05) is 13.2 Å². The van der Waals surface area contributed by atoms with Gasteiger partial charge in [-0.1, -0.05) is 24.3 Å². The minimum Gasteiger partial charge on any atom is -0.508 e. The minimum absolute atomic E-state index is 0.0238. The van der Waals surface area contributed by atoms with E-state index in [9.17, 15) is 23.1 Å². The maximum atomic E-state index is 13.1. The molecule has 1 amide bonds. The number of phenolic OH excluding ortho intramolecular Hbond substituents is 1. The van der Waals surface area contributed by atoms with Gasteiger partial charge in [-0.05, 0) is 48.2 Å². The zero-order valence-corrected chi connectivity index (χ0v) is 14.6. The quantitative estimate of drug-likeness (QED) is 0.850. The number of benzene rings is 2. The van der Waals surface area contributed by atoms with Gasteiger partial charge < -0.3 is 15.2 Å². The van der Waals surface area contributed by atoms with Gasteiger partial charge in [0.2, 0.25) is 5.91 Å². The number of carbonyl (C=O) groups is 1. The Kier molecular flexibility index (Phi) is 5.41. The summed E-state index contributed by atoms with van der Waals surface area (Å²) in [6, 6.07) is 11.4. The van der Waals surface area contributed by atoms with Crippen molar-refractivity contribution in [3.05, 3.63) is 65.2 Å². The largest absolute Gasteiger partial charge is 0.508 e. The van der Waals surface area contributed by atoms with E-state index in [-0.39, 0.29) is 18.1 Å². The molecule has 3 rings (SSSR count). The molecule has 1 aliphatic heterocycles. The molecule has 27 heavy (non-hydrogen) atoms. The Morgan fingerprint density at radius 3 is 2.48 bits per heavy atom. The van der Waals surface area contributed by atoms with E-state index in [0.717, 1.165) is 12.1 Å². The van der Waals surface area contributed by atoms with Crippen molar-refractivity contribution in [3.8, 4) is 5.75 Å². The van der Waals surface area contributed by atoms with Gasteiger partial charge in [-0.15, -0.1) is 0 Å². The summed E-state index contributed by atoms with van der Waals surface area (Å²) in [4.78, 5) is 12.6. The number of ether oxygens (including phenoxy) is 1. The SMILES string of the molecule is O=C(Cc1cccc(O)c1)NC1(c2cccc(C(F)(F)F)c2)CCOCC1. The molecule has 4 nitrogen and oxygen atoms in total. The Morgan fingerprint density at radius 1 is 1.11 bits per heavy atom. The molecule has 0 aliphatic carbocycles. The number of nitrogens with one attached hydrogen (secondary N) is 1. The zero-order chi connectivity index (χ0) is 19.5. The lowest BCUT2D eigenvalue weighted by atomic mass is 9.81. The molecule has 1 heterocycles. The molecule has 2 aromatic carbocycles. The lowest BCUT2D eigenvalue weighted by Crippen LogP contribution is -2.50. The standard InChI is InChI=1S/C20H20F3NO3/c21-20(22,23)16-5-2-4-15(13-16)19(7-9-27-10-8-19)24-18(26)12-14-3-1-6-17(25)11-14/h1-6,11,13,25H,7-10,12H2,(H,24,26). The molecule has 144 valence electrons. The van der Waals surface area contributed by atoms with Crippen LogP contribution in [0.3, 0.4) is 0 Å². The fraction of sp³-hybridized carbons (Fsp3) is 0.350. The number of aromatic hydroxyl groups is 1. The van der Waals surface area contributed by atoms with Gasteiger partial charge in [-0.3, -0.25) is 4.79 Å². The Bertz CT molecular complexity index is 814. The van der Waals surface area contributed by atoms with E-state index in [0.29, 0.717) is 37.2 Å². The first-order valence-corrected chi connectivity index (χ1v) is 8.63. The summed E-state index contributed by atoms with van der Waals surface area (Å²) in [5, 5.41) is 12.5. The van der Waals surface area contributed by atoms with Crippen molar-refractivity contribution in [2.45, 2.75) is 31.0 Å². The lowest BCUT2D eigenvalue weighted by molar-refractivity contribution is -0.137. The summed E-state index contributed by atoms with van der Waals surface area (Å²) in [5.74, 6) is -0.265. The molecule has 1 aliphatic rings. The molecule has 0 spiro atoms. The van der Waals surface area contributed by atoms with Gasteiger partial charge in [0.05, 0.1) is 17.5 Å². The van der Waals surface area contributed by atoms with Crippen LogP contribution in [0.2, 0.25) is 0 Å². The van der Waals surface area contributed by atoms with Crippen molar-refractivity contribution < 1.29 is 27.8 Å². The highest BCUT2D eigenvalue weighted by Gasteiger charge is 2.38. The van der Waals surface area contributed by atoms with E-state index in [1.807, 2.05) is 0 Å². The summed E-state index contributed by atoms with van der Waals surface area (Å²) < 4.78 is 44.7. The second kappa shape index (κ2) is 7.60. The number of hydrogen-bond acceptors (Lipinski definition) is 3. The number of hydrogen-bond donors (Lipinski definition) is 2. The lowest BCUT2D eigenvalue weighted by Gasteiger charge is -2.39. The molecule has 0 bridgehead atoms. The highest BCUT2D eigenvalue weighted by Crippen LogP contribution is 2.36. The predicted molar refractivity (Wildman–Crippen MR) is 93.1 cm³/mol. The Balaban J connectivity index is 1.86. The summed E-state index contributed by atoms with van der Waals surface area (Å²) >= 11 is 0. The molecule has 1 saturated heterocycles. The van der Waals surface area contributed by atoms with E-state index in [4.69, 9.17) is 4.74 Å². The molecular weight excluding hydrogens is 359 g/mol. The van der Waals surface area contributed by atoms with Crippen LogP contribution in [-0.4, -0.2) is 24.2 Å². The van der Waals surface area contributed by atoms with Crippen LogP contribution in [-0.2, 0) is 27.7 Å². The highest BCUT2D eigenvalue weighted by atomic mass is 19.4. The van der Waals surface area contributed by atoms with Crippen LogP contribution in [0.1, 0.15) is 29.5 Å². The van der Waals surface area contributed by atoms with Crippen LogP contribution >= 0.6 is 0 Å². The van der Waals surface area contributed by atoms with E-state index in [2.05, 4.69) is 5.32 Å². The van der Waals surface area contributed by atoms with E-state index >= 15 is 0 Å². The normalized spacial score (nSPS) is 16.7. The van der Waals surface area contributed by atoms with Crippen molar-refractivity contribution in [2.75, 3.05) is 13.2 Å². The summed E-state index contributed by atoms with van der Waals surface area (Å²) in [5.41, 5.74) is -0.607. The number of carbonyl (C=O) groups excluding carboxylic acids is 1. The molecule has 2 aromatic rings. The first-order chi connectivity index (χ1) is 12.8. The van der Waals surface area contributed by atoms with Crippen LogP contribution in [0.4, 0.5) is 13.2 Å². The van der Waals surface area contributed by atoms with Crippen LogP contribution in [0.5, 0.6) is 5.75 Å². The van der Waals surface area contributed by atoms with Crippen molar-refractivity contribution in [3.63, 3.8) is 0 Å². The molecule has 0 aromatic heterocycles. The third-order valence-corrected chi connectivity index (χ3v) is 4.74. The fourth-order valence-electron chi connectivity index (χ4n) is 3.36. The molecule has 0 unspecified atom stereocenters. The Morgan fingerprint density at radius 2 is 1.81 bits per heavy atom. The molecule has 0 radical (unpaired) electrons. The second-order valence-corrected chi connectivity index (χ2v) is 6.67. The second-order valence-electron chi connectivity index (χ2n) is 6.67. The van der Waals surface area contributed by atoms with Crippen LogP contribution < -0.4 is 5.32 Å². The first-order valence-electron chi connectivity index (χ1n) is 8.63. The predicted octanol–water partition coefficient (Wildman–Crippen LogP) is 3.78. The third kappa shape index (κ3) is 4.60. The summed E-state index contributed by atoms with van der Waals surface area (Å²) in [6.07, 6.45) is -3.65. The summed E-state index contributed by atoms with van der Waals surface area (Å²) in [6.45, 7) is 0.700. The maximum absolute atomic E-state index is 13.1. The van der Waals surface area contributed by atoms with Crippen molar-refractivity contribution in [1.82, 2.24) is 5.32 Å². The van der Waals surface area contributed by atoms with E-state index < -0.39 is 17.3 Å². The number of amides is 1. The molecule has 0 saturated carbocycles. The monoisotopic (exact) mass is 379 g/mol. The number of rotatable bonds is 4. The first kappa shape index (κ1) is 19.2. The Labute approximate surface area is 155 Å². The van der Waals surface area contributed by atoms with Gasteiger partial charge in [0.25, 0.3) is 0 Å². The smallest absolute Gasteiger partial charge is 0.416 e. The van der Waals surface area contributed by atoms with Crippen LogP contribution in [0, 0.1) is 0 Å². The van der Waals surface area contributed by atoms with Gasteiger partial charge in [-0.25, -0.2) is 0 Å². The Hall–Kier alpha value is -2.54. The zero-order valence-electron chi connectivity index (χ0n) is 14.6. The van der Waals surface area contributed by atoms with E-state index in [1.54, 1.807) is 18.2 Å². The minimum atomic E-state index is -4.45. The van der Waals surface area contributed by atoms with Crippen LogP contribution in [0.15, 0.2) is 48.5 Å². The fourth-order valence-corrected chi connectivity index (χ4v) is 3.36. The van der Waals surface area contributed by atoms with Crippen molar-refractivity contribution in [2.24, 2.45) is 0 Å². The average molecular weight is 379 g/mol. The average Bonchev–Trinajstić information content (AvgIpc) is 2.62. The van der Waals surface area contributed by atoms with Gasteiger partial charge in [0.1, 0.15) is 5.75 Å². The number of halogens is 3. The van der Waals surface area contributed by atoms with Crippen LogP contribution in [0.25, 0.3) is 0 Å². The molecule has 0 atom stereocenters.